The van der Waals surface area contributed by atoms with Gasteiger partial charge >= 0.3 is 5.97 Å². The molecule has 0 heterocycles. The van der Waals surface area contributed by atoms with Crippen LogP contribution in [0.2, 0.25) is 5.02 Å². The second-order valence-electron chi connectivity index (χ2n) is 4.81. The standard InChI is InChI=1S/C17H15ClFNO4/c18-13-2-1-3-15(8-13)23-11-17(22)24-10-16(21)20-9-12-4-6-14(19)7-5-12/h1-8H,9-11H2,(H,20,21). The summed E-state index contributed by atoms with van der Waals surface area (Å²) in [6, 6.07) is 12.3. The van der Waals surface area contributed by atoms with Gasteiger partial charge in [0, 0.05) is 11.6 Å². The highest BCUT2D eigenvalue weighted by molar-refractivity contribution is 6.30. The Morgan fingerprint density at radius 2 is 1.83 bits per heavy atom. The van der Waals surface area contributed by atoms with Crippen LogP contribution < -0.4 is 10.1 Å². The van der Waals surface area contributed by atoms with E-state index in [0.29, 0.717) is 10.8 Å². The van der Waals surface area contributed by atoms with Crippen LogP contribution in [0.1, 0.15) is 5.56 Å². The van der Waals surface area contributed by atoms with Gasteiger partial charge in [0.05, 0.1) is 0 Å². The fourth-order valence-corrected chi connectivity index (χ4v) is 1.92. The average molecular weight is 352 g/mol. The van der Waals surface area contributed by atoms with E-state index in [9.17, 15) is 14.0 Å². The minimum Gasteiger partial charge on any atom is -0.482 e. The predicted octanol–water partition coefficient (Wildman–Crippen LogP) is 2.72. The van der Waals surface area contributed by atoms with Crippen molar-refractivity contribution in [2.75, 3.05) is 13.2 Å². The number of amides is 1. The van der Waals surface area contributed by atoms with Crippen LogP contribution in [0.3, 0.4) is 0 Å². The Morgan fingerprint density at radius 1 is 1.08 bits per heavy atom. The maximum Gasteiger partial charge on any atom is 0.344 e. The summed E-state index contributed by atoms with van der Waals surface area (Å²) in [4.78, 5) is 23.1. The van der Waals surface area contributed by atoms with Crippen LogP contribution in [0, 0.1) is 5.82 Å². The zero-order valence-electron chi connectivity index (χ0n) is 12.6. The van der Waals surface area contributed by atoms with Gasteiger partial charge in [-0.05, 0) is 35.9 Å². The summed E-state index contributed by atoms with van der Waals surface area (Å²) < 4.78 is 22.7. The van der Waals surface area contributed by atoms with E-state index in [1.54, 1.807) is 36.4 Å². The summed E-state index contributed by atoms with van der Waals surface area (Å²) in [5.41, 5.74) is 0.736. The highest BCUT2D eigenvalue weighted by Gasteiger charge is 2.08. The summed E-state index contributed by atoms with van der Waals surface area (Å²) in [6.45, 7) is -0.528. The molecule has 0 aromatic heterocycles. The summed E-state index contributed by atoms with van der Waals surface area (Å²) in [5, 5.41) is 3.05. The monoisotopic (exact) mass is 351 g/mol. The number of benzene rings is 2. The lowest BCUT2D eigenvalue weighted by atomic mass is 10.2. The average Bonchev–Trinajstić information content (AvgIpc) is 2.57. The number of hydrogen-bond donors (Lipinski definition) is 1. The van der Waals surface area contributed by atoms with E-state index in [0.717, 1.165) is 5.56 Å². The van der Waals surface area contributed by atoms with E-state index in [-0.39, 0.29) is 19.0 Å². The van der Waals surface area contributed by atoms with Crippen molar-refractivity contribution in [1.29, 1.82) is 0 Å². The first kappa shape index (κ1) is 17.7. The Bertz CT molecular complexity index is 706. The summed E-state index contributed by atoms with van der Waals surface area (Å²) in [7, 11) is 0. The van der Waals surface area contributed by atoms with E-state index >= 15 is 0 Å². The minimum atomic E-state index is -0.674. The maximum atomic E-state index is 12.7. The molecule has 0 atom stereocenters. The molecule has 0 spiro atoms. The van der Waals surface area contributed by atoms with Crippen molar-refractivity contribution in [3.63, 3.8) is 0 Å². The highest BCUT2D eigenvalue weighted by Crippen LogP contribution is 2.16. The number of rotatable bonds is 7. The Kier molecular flexibility index (Phi) is 6.57. The van der Waals surface area contributed by atoms with E-state index in [1.807, 2.05) is 0 Å². The lowest BCUT2D eigenvalue weighted by Crippen LogP contribution is -2.29. The molecule has 2 aromatic rings. The smallest absolute Gasteiger partial charge is 0.344 e. The number of esters is 1. The van der Waals surface area contributed by atoms with Crippen LogP contribution in [0.15, 0.2) is 48.5 Å². The molecule has 0 bridgehead atoms. The van der Waals surface area contributed by atoms with E-state index in [2.05, 4.69) is 5.32 Å². The van der Waals surface area contributed by atoms with Crippen molar-refractivity contribution in [1.82, 2.24) is 5.32 Å². The molecule has 0 saturated carbocycles. The van der Waals surface area contributed by atoms with Gasteiger partial charge in [0.1, 0.15) is 11.6 Å². The molecule has 24 heavy (non-hydrogen) atoms. The lowest BCUT2D eigenvalue weighted by Gasteiger charge is -2.08. The number of carbonyl (C=O) groups excluding carboxylic acids is 2. The SMILES string of the molecule is O=C(COC(=O)COc1cccc(Cl)c1)NCc1ccc(F)cc1. The second kappa shape index (κ2) is 8.88. The molecule has 2 rings (SSSR count). The van der Waals surface area contributed by atoms with Crippen LogP contribution in [0.4, 0.5) is 4.39 Å². The third-order valence-electron chi connectivity index (χ3n) is 2.92. The lowest BCUT2D eigenvalue weighted by molar-refractivity contribution is -0.150. The van der Waals surface area contributed by atoms with Gasteiger partial charge in [-0.25, -0.2) is 9.18 Å². The highest BCUT2D eigenvalue weighted by atomic mass is 35.5. The van der Waals surface area contributed by atoms with Crippen LogP contribution in [0.5, 0.6) is 5.75 Å². The molecule has 0 aliphatic heterocycles. The quantitative estimate of drug-likeness (QED) is 0.779. The van der Waals surface area contributed by atoms with Crippen molar-refractivity contribution in [3.05, 3.63) is 64.9 Å². The largest absolute Gasteiger partial charge is 0.482 e. The van der Waals surface area contributed by atoms with Crippen molar-refractivity contribution in [2.24, 2.45) is 0 Å². The Morgan fingerprint density at radius 3 is 2.54 bits per heavy atom. The van der Waals surface area contributed by atoms with E-state index in [1.165, 1.54) is 12.1 Å². The van der Waals surface area contributed by atoms with E-state index < -0.39 is 18.5 Å². The van der Waals surface area contributed by atoms with Crippen LogP contribution in [-0.4, -0.2) is 25.1 Å². The molecule has 7 heteroatoms. The van der Waals surface area contributed by atoms with Gasteiger partial charge in [0.25, 0.3) is 5.91 Å². The molecule has 126 valence electrons. The van der Waals surface area contributed by atoms with Crippen LogP contribution in [0.25, 0.3) is 0 Å². The van der Waals surface area contributed by atoms with Crippen molar-refractivity contribution >= 4 is 23.5 Å². The number of halogens is 2. The van der Waals surface area contributed by atoms with E-state index in [4.69, 9.17) is 21.1 Å². The van der Waals surface area contributed by atoms with Crippen LogP contribution >= 0.6 is 11.6 Å². The topological polar surface area (TPSA) is 64.6 Å². The van der Waals surface area contributed by atoms with Gasteiger partial charge in [-0.1, -0.05) is 29.8 Å². The predicted molar refractivity (Wildman–Crippen MR) is 86.2 cm³/mol. The van der Waals surface area contributed by atoms with Crippen molar-refractivity contribution in [3.8, 4) is 5.75 Å². The molecule has 2 aromatic carbocycles. The molecular weight excluding hydrogens is 337 g/mol. The Balaban J connectivity index is 1.65. The third kappa shape index (κ3) is 6.26. The fourth-order valence-electron chi connectivity index (χ4n) is 1.74. The molecule has 0 fully saturated rings. The summed E-state index contributed by atoms with van der Waals surface area (Å²) in [5.74, 6) is -1.05. The first-order valence-corrected chi connectivity index (χ1v) is 7.46. The maximum absolute atomic E-state index is 12.7. The molecule has 1 N–H and O–H groups in total. The van der Waals surface area contributed by atoms with Gasteiger partial charge in [-0.2, -0.15) is 0 Å². The number of hydrogen-bond acceptors (Lipinski definition) is 4. The number of carbonyl (C=O) groups is 2. The Hall–Kier alpha value is -2.60. The van der Waals surface area contributed by atoms with Gasteiger partial charge in [-0.3, -0.25) is 4.79 Å². The first-order valence-electron chi connectivity index (χ1n) is 7.08. The third-order valence-corrected chi connectivity index (χ3v) is 3.16. The first-order chi connectivity index (χ1) is 11.5. The Labute approximate surface area is 143 Å². The molecule has 0 aliphatic carbocycles. The van der Waals surface area contributed by atoms with Gasteiger partial charge in [0.15, 0.2) is 13.2 Å². The molecule has 0 unspecified atom stereocenters. The number of nitrogens with one attached hydrogen (secondary N) is 1. The number of ether oxygens (including phenoxy) is 2. The van der Waals surface area contributed by atoms with Gasteiger partial charge in [0.2, 0.25) is 0 Å². The normalized spacial score (nSPS) is 10.1. The molecule has 5 nitrogen and oxygen atoms in total. The molecule has 1 amide bonds. The molecule has 0 saturated heterocycles. The molecule has 0 radical (unpaired) electrons. The van der Waals surface area contributed by atoms with Crippen LogP contribution in [-0.2, 0) is 20.9 Å². The second-order valence-corrected chi connectivity index (χ2v) is 5.25. The van der Waals surface area contributed by atoms with Crippen molar-refractivity contribution < 1.29 is 23.5 Å². The molecule has 0 aliphatic rings. The zero-order chi connectivity index (χ0) is 17.4. The summed E-state index contributed by atoms with van der Waals surface area (Å²) in [6.07, 6.45) is 0. The zero-order valence-corrected chi connectivity index (χ0v) is 13.4. The fraction of sp³-hybridized carbons (Fsp3) is 0.176. The van der Waals surface area contributed by atoms with Gasteiger partial charge in [-0.15, -0.1) is 0 Å². The minimum absolute atomic E-state index is 0.218. The summed E-state index contributed by atoms with van der Waals surface area (Å²) >= 11 is 5.79. The van der Waals surface area contributed by atoms with Crippen molar-refractivity contribution in [2.45, 2.75) is 6.54 Å². The van der Waals surface area contributed by atoms with Gasteiger partial charge < -0.3 is 14.8 Å². The molecular formula is C17H15ClFNO4.